The summed E-state index contributed by atoms with van der Waals surface area (Å²) in [7, 11) is 0. The number of oxazole rings is 1. The van der Waals surface area contributed by atoms with E-state index < -0.39 is 10.7 Å². The van der Waals surface area contributed by atoms with Gasteiger partial charge in [0, 0.05) is 11.4 Å². The third kappa shape index (κ3) is 3.70. The van der Waals surface area contributed by atoms with E-state index in [1.807, 2.05) is 32.9 Å². The van der Waals surface area contributed by atoms with Gasteiger partial charge in [-0.15, -0.1) is 0 Å². The number of rotatable bonds is 5. The van der Waals surface area contributed by atoms with E-state index in [0.717, 1.165) is 23.0 Å². The van der Waals surface area contributed by atoms with Crippen LogP contribution in [-0.2, 0) is 0 Å². The Morgan fingerprint density at radius 2 is 1.80 bits per heavy atom. The highest BCUT2D eigenvalue weighted by atomic mass is 16.6. The largest absolute Gasteiger partial charge is 0.417 e. The van der Waals surface area contributed by atoms with Crippen molar-refractivity contribution in [3.8, 4) is 0 Å². The second-order valence-corrected chi connectivity index (χ2v) is 6.90. The highest BCUT2D eigenvalue weighted by molar-refractivity contribution is 5.79. The number of H-pyrrole nitrogens is 1. The fourth-order valence-electron chi connectivity index (χ4n) is 3.06. The molecule has 3 N–H and O–H groups in total. The van der Waals surface area contributed by atoms with Gasteiger partial charge >= 0.3 is 11.4 Å². The van der Waals surface area contributed by atoms with E-state index in [9.17, 15) is 14.9 Å². The van der Waals surface area contributed by atoms with Gasteiger partial charge in [0.25, 0.3) is 0 Å². The maximum Gasteiger partial charge on any atom is 0.417 e. The lowest BCUT2D eigenvalue weighted by molar-refractivity contribution is -0.384. The Bertz CT molecular complexity index is 1320. The van der Waals surface area contributed by atoms with Gasteiger partial charge < -0.3 is 15.1 Å². The zero-order chi connectivity index (χ0) is 21.4. The lowest BCUT2D eigenvalue weighted by Crippen LogP contribution is -2.05. The van der Waals surface area contributed by atoms with E-state index in [-0.39, 0.29) is 17.5 Å². The van der Waals surface area contributed by atoms with Crippen LogP contribution in [0.5, 0.6) is 0 Å². The molecule has 0 atom stereocenters. The van der Waals surface area contributed by atoms with Gasteiger partial charge in [-0.1, -0.05) is 0 Å². The molecule has 0 aliphatic carbocycles. The number of benzene rings is 2. The molecule has 4 rings (SSSR count). The smallest absolute Gasteiger partial charge is 0.408 e. The van der Waals surface area contributed by atoms with Crippen molar-refractivity contribution in [2.45, 2.75) is 20.8 Å². The van der Waals surface area contributed by atoms with Gasteiger partial charge in [-0.3, -0.25) is 15.1 Å². The van der Waals surface area contributed by atoms with E-state index in [1.54, 1.807) is 18.2 Å². The van der Waals surface area contributed by atoms with Gasteiger partial charge in [-0.2, -0.15) is 4.98 Å². The SMILES string of the molecule is Cc1cc(Nc2ncc([N+](=O)[O-])c(Nc3ccc4oc(=O)[nH]c4c3)n2)cc(C)c1C. The van der Waals surface area contributed by atoms with Crippen LogP contribution in [-0.4, -0.2) is 19.9 Å². The molecule has 10 heteroatoms. The summed E-state index contributed by atoms with van der Waals surface area (Å²) < 4.78 is 4.97. The van der Waals surface area contributed by atoms with E-state index in [4.69, 9.17) is 4.42 Å². The van der Waals surface area contributed by atoms with Crippen LogP contribution in [0.25, 0.3) is 11.1 Å². The maximum atomic E-state index is 11.4. The first-order valence-electron chi connectivity index (χ1n) is 9.06. The molecule has 0 saturated heterocycles. The number of anilines is 4. The lowest BCUT2D eigenvalue weighted by atomic mass is 10.0. The lowest BCUT2D eigenvalue weighted by Gasteiger charge is -2.12. The van der Waals surface area contributed by atoms with Crippen LogP contribution < -0.4 is 16.4 Å². The summed E-state index contributed by atoms with van der Waals surface area (Å²) in [6.45, 7) is 6.06. The number of nitrogens with one attached hydrogen (secondary N) is 3. The number of aromatic nitrogens is 3. The molecular weight excluding hydrogens is 388 g/mol. The molecule has 0 aliphatic heterocycles. The number of nitro groups is 1. The van der Waals surface area contributed by atoms with E-state index in [1.165, 1.54) is 5.56 Å². The molecule has 10 nitrogen and oxygen atoms in total. The first kappa shape index (κ1) is 19.1. The predicted molar refractivity (Wildman–Crippen MR) is 113 cm³/mol. The zero-order valence-corrected chi connectivity index (χ0v) is 16.4. The predicted octanol–water partition coefficient (Wildman–Crippen LogP) is 4.23. The number of aromatic amines is 1. The standard InChI is InChI=1S/C20H18N6O4/c1-10-6-14(7-11(2)12(10)3)23-19-21-9-16(26(28)29)18(25-19)22-13-4-5-17-15(8-13)24-20(27)30-17/h4-9H,1-3H3,(H,24,27)(H2,21,22,23,25). The van der Waals surface area contributed by atoms with Gasteiger partial charge in [0.15, 0.2) is 5.58 Å². The molecule has 152 valence electrons. The van der Waals surface area contributed by atoms with Gasteiger partial charge in [-0.25, -0.2) is 9.78 Å². The zero-order valence-electron chi connectivity index (χ0n) is 16.4. The summed E-state index contributed by atoms with van der Waals surface area (Å²) in [5, 5.41) is 17.4. The van der Waals surface area contributed by atoms with Crippen molar-refractivity contribution in [3.05, 3.63) is 73.9 Å². The molecule has 0 bridgehead atoms. The second-order valence-electron chi connectivity index (χ2n) is 6.90. The Kier molecular flexibility index (Phi) is 4.66. The molecule has 4 aromatic rings. The number of hydrogen-bond donors (Lipinski definition) is 3. The summed E-state index contributed by atoms with van der Waals surface area (Å²) in [4.78, 5) is 33.1. The minimum absolute atomic E-state index is 0.0169. The van der Waals surface area contributed by atoms with Crippen molar-refractivity contribution in [2.24, 2.45) is 0 Å². The number of fused-ring (bicyclic) bond motifs is 1. The van der Waals surface area contributed by atoms with E-state index >= 15 is 0 Å². The Morgan fingerprint density at radius 3 is 2.50 bits per heavy atom. The minimum atomic E-state index is -0.578. The topological polar surface area (TPSA) is 139 Å². The van der Waals surface area contributed by atoms with E-state index in [0.29, 0.717) is 16.8 Å². The summed E-state index contributed by atoms with van der Waals surface area (Å²) in [6, 6.07) is 8.74. The molecule has 0 radical (unpaired) electrons. The second kappa shape index (κ2) is 7.32. The van der Waals surface area contributed by atoms with Crippen molar-refractivity contribution in [1.82, 2.24) is 15.0 Å². The van der Waals surface area contributed by atoms with Crippen LogP contribution in [0.2, 0.25) is 0 Å². The van der Waals surface area contributed by atoms with Crippen molar-refractivity contribution in [2.75, 3.05) is 10.6 Å². The van der Waals surface area contributed by atoms with Crippen LogP contribution in [0.3, 0.4) is 0 Å². The van der Waals surface area contributed by atoms with Crippen molar-refractivity contribution in [3.63, 3.8) is 0 Å². The third-order valence-corrected chi connectivity index (χ3v) is 4.83. The quantitative estimate of drug-likeness (QED) is 0.330. The molecule has 2 heterocycles. The van der Waals surface area contributed by atoms with Crippen LogP contribution in [0.4, 0.5) is 28.8 Å². The van der Waals surface area contributed by atoms with Crippen molar-refractivity contribution in [1.29, 1.82) is 0 Å². The molecule has 0 unspecified atom stereocenters. The summed E-state index contributed by atoms with van der Waals surface area (Å²) in [5.74, 6) is -0.350. The van der Waals surface area contributed by atoms with Crippen LogP contribution in [0.15, 0.2) is 45.7 Å². The fraction of sp³-hybridized carbons (Fsp3) is 0.150. The molecule has 0 spiro atoms. The average molecular weight is 406 g/mol. The van der Waals surface area contributed by atoms with Crippen molar-refractivity contribution >= 4 is 39.9 Å². The molecule has 0 saturated carbocycles. The Balaban J connectivity index is 1.68. The molecule has 2 aromatic carbocycles. The van der Waals surface area contributed by atoms with Gasteiger partial charge in [0.2, 0.25) is 11.8 Å². The van der Waals surface area contributed by atoms with Crippen LogP contribution >= 0.6 is 0 Å². The Hall–Kier alpha value is -4.21. The highest BCUT2D eigenvalue weighted by Crippen LogP contribution is 2.28. The van der Waals surface area contributed by atoms with Gasteiger partial charge in [0.1, 0.15) is 6.20 Å². The third-order valence-electron chi connectivity index (χ3n) is 4.83. The first-order valence-corrected chi connectivity index (χ1v) is 9.06. The van der Waals surface area contributed by atoms with Gasteiger partial charge in [-0.05, 0) is 67.8 Å². The van der Waals surface area contributed by atoms with Crippen LogP contribution in [0, 0.1) is 30.9 Å². The Morgan fingerprint density at radius 1 is 1.07 bits per heavy atom. The average Bonchev–Trinajstić information content (AvgIpc) is 3.05. The fourth-order valence-corrected chi connectivity index (χ4v) is 3.06. The van der Waals surface area contributed by atoms with Gasteiger partial charge in [0.05, 0.1) is 10.4 Å². The summed E-state index contributed by atoms with van der Waals surface area (Å²) in [5.41, 5.74) is 5.26. The molecule has 30 heavy (non-hydrogen) atoms. The monoisotopic (exact) mass is 406 g/mol. The molecule has 2 aromatic heterocycles. The number of hydrogen-bond acceptors (Lipinski definition) is 8. The Labute approximate surface area is 170 Å². The first-order chi connectivity index (χ1) is 14.3. The van der Waals surface area contributed by atoms with Crippen LogP contribution in [0.1, 0.15) is 16.7 Å². The molecule has 0 amide bonds. The molecule has 0 fully saturated rings. The molecule has 0 aliphatic rings. The number of nitrogens with zero attached hydrogens (tertiary/aromatic N) is 3. The summed E-state index contributed by atoms with van der Waals surface area (Å²) >= 11 is 0. The minimum Gasteiger partial charge on any atom is -0.408 e. The summed E-state index contributed by atoms with van der Waals surface area (Å²) in [6.07, 6.45) is 1.14. The molecular formula is C20H18N6O4. The number of aryl methyl sites for hydroxylation is 2. The maximum absolute atomic E-state index is 11.4. The van der Waals surface area contributed by atoms with Crippen molar-refractivity contribution < 1.29 is 9.34 Å². The highest BCUT2D eigenvalue weighted by Gasteiger charge is 2.18. The normalized spacial score (nSPS) is 10.9. The van der Waals surface area contributed by atoms with E-state index in [2.05, 4.69) is 25.6 Å².